The molecule has 0 aromatic heterocycles. The summed E-state index contributed by atoms with van der Waals surface area (Å²) in [7, 11) is 1.71. The molecule has 29 heavy (non-hydrogen) atoms. The number of benzene rings is 1. The van der Waals surface area contributed by atoms with E-state index in [1.807, 2.05) is 12.1 Å². The van der Waals surface area contributed by atoms with Gasteiger partial charge in [0.05, 0.1) is 19.8 Å². The summed E-state index contributed by atoms with van der Waals surface area (Å²) in [5, 5.41) is 6.59. The normalized spacial score (nSPS) is 16.7. The second kappa shape index (κ2) is 10.8. The molecule has 1 aromatic rings. The van der Waals surface area contributed by atoms with E-state index >= 15 is 0 Å². The Hall–Kier alpha value is -1.84. The average Bonchev–Trinajstić information content (AvgIpc) is 2.68. The molecule has 1 fully saturated rings. The fourth-order valence-corrected chi connectivity index (χ4v) is 3.10. The molecule has 1 aromatic carbocycles. The van der Waals surface area contributed by atoms with Gasteiger partial charge in [0, 0.05) is 38.8 Å². The van der Waals surface area contributed by atoms with Gasteiger partial charge in [-0.2, -0.15) is 13.2 Å². The van der Waals surface area contributed by atoms with Crippen LogP contribution in [0, 0.1) is 0 Å². The third kappa shape index (κ3) is 8.59. The Morgan fingerprint density at radius 1 is 1.17 bits per heavy atom. The first-order valence-corrected chi connectivity index (χ1v) is 9.69. The van der Waals surface area contributed by atoms with E-state index in [1.165, 1.54) is 0 Å². The molecule has 9 heteroatoms. The minimum Gasteiger partial charge on any atom is -0.379 e. The zero-order valence-corrected chi connectivity index (χ0v) is 17.3. The lowest BCUT2D eigenvalue weighted by atomic mass is 10.0. The Balaban J connectivity index is 1.80. The zero-order valence-electron chi connectivity index (χ0n) is 17.3. The number of guanidine groups is 1. The summed E-state index contributed by atoms with van der Waals surface area (Å²) in [4.78, 5) is 6.64. The van der Waals surface area contributed by atoms with Gasteiger partial charge < -0.3 is 20.1 Å². The predicted octanol–water partition coefficient (Wildman–Crippen LogP) is 2.54. The maximum atomic E-state index is 12.2. The highest BCUT2D eigenvalue weighted by Crippen LogP contribution is 2.16. The van der Waals surface area contributed by atoms with E-state index in [4.69, 9.17) is 9.47 Å². The van der Waals surface area contributed by atoms with Crippen molar-refractivity contribution in [2.75, 3.05) is 46.5 Å². The molecule has 0 amide bonds. The number of halogens is 3. The molecule has 0 spiro atoms. The van der Waals surface area contributed by atoms with Crippen molar-refractivity contribution in [3.63, 3.8) is 0 Å². The van der Waals surface area contributed by atoms with Crippen molar-refractivity contribution >= 4 is 5.96 Å². The fourth-order valence-electron chi connectivity index (χ4n) is 3.10. The summed E-state index contributed by atoms with van der Waals surface area (Å²) in [5.41, 5.74) is 1.59. The number of rotatable bonds is 8. The van der Waals surface area contributed by atoms with E-state index < -0.39 is 12.8 Å². The van der Waals surface area contributed by atoms with Crippen molar-refractivity contribution in [1.29, 1.82) is 0 Å². The molecule has 6 nitrogen and oxygen atoms in total. The third-order valence-corrected chi connectivity index (χ3v) is 4.77. The van der Waals surface area contributed by atoms with E-state index in [-0.39, 0.29) is 12.1 Å². The molecule has 0 aliphatic carbocycles. The van der Waals surface area contributed by atoms with Gasteiger partial charge in [-0.15, -0.1) is 0 Å². The summed E-state index contributed by atoms with van der Waals surface area (Å²) >= 11 is 0. The van der Waals surface area contributed by atoms with Crippen molar-refractivity contribution in [1.82, 2.24) is 15.5 Å². The maximum Gasteiger partial charge on any atom is 0.411 e. The van der Waals surface area contributed by atoms with Crippen molar-refractivity contribution in [3.05, 3.63) is 35.4 Å². The van der Waals surface area contributed by atoms with Gasteiger partial charge in [-0.1, -0.05) is 24.3 Å². The Morgan fingerprint density at radius 3 is 2.52 bits per heavy atom. The minimum atomic E-state index is -4.31. The van der Waals surface area contributed by atoms with Crippen molar-refractivity contribution in [2.24, 2.45) is 4.99 Å². The van der Waals surface area contributed by atoms with Crippen LogP contribution in [-0.4, -0.2) is 69.1 Å². The number of aliphatic imine (C=N–C) groups is 1. The lowest BCUT2D eigenvalue weighted by Crippen LogP contribution is -2.56. The smallest absolute Gasteiger partial charge is 0.379 e. The van der Waals surface area contributed by atoms with Crippen molar-refractivity contribution < 1.29 is 22.6 Å². The number of hydrogen-bond acceptors (Lipinski definition) is 4. The molecular formula is C20H31F3N4O2. The first-order chi connectivity index (χ1) is 13.7. The molecule has 0 bridgehead atoms. The van der Waals surface area contributed by atoms with Gasteiger partial charge in [-0.05, 0) is 25.0 Å². The number of ether oxygens (including phenoxy) is 2. The van der Waals surface area contributed by atoms with Gasteiger partial charge in [0.25, 0.3) is 0 Å². The van der Waals surface area contributed by atoms with Crippen LogP contribution in [0.5, 0.6) is 0 Å². The van der Waals surface area contributed by atoms with Crippen molar-refractivity contribution in [3.8, 4) is 0 Å². The summed E-state index contributed by atoms with van der Waals surface area (Å²) in [6.45, 7) is 7.58. The molecular weight excluding hydrogens is 385 g/mol. The highest BCUT2D eigenvalue weighted by molar-refractivity contribution is 5.79. The molecule has 0 atom stereocenters. The first-order valence-electron chi connectivity index (χ1n) is 9.69. The second-order valence-electron chi connectivity index (χ2n) is 7.62. The molecule has 1 aliphatic heterocycles. The van der Waals surface area contributed by atoms with Crippen LogP contribution < -0.4 is 10.6 Å². The van der Waals surface area contributed by atoms with E-state index in [1.54, 1.807) is 19.2 Å². The fraction of sp³-hybridized carbons (Fsp3) is 0.650. The quantitative estimate of drug-likeness (QED) is 0.504. The molecule has 164 valence electrons. The highest BCUT2D eigenvalue weighted by atomic mass is 19.4. The lowest BCUT2D eigenvalue weighted by Gasteiger charge is -2.41. The highest BCUT2D eigenvalue weighted by Gasteiger charge is 2.28. The lowest BCUT2D eigenvalue weighted by molar-refractivity contribution is -0.176. The van der Waals surface area contributed by atoms with Gasteiger partial charge in [0.1, 0.15) is 6.61 Å². The molecule has 0 saturated carbocycles. The van der Waals surface area contributed by atoms with Gasteiger partial charge in [0.2, 0.25) is 0 Å². The maximum absolute atomic E-state index is 12.2. The monoisotopic (exact) mass is 416 g/mol. The van der Waals surface area contributed by atoms with Gasteiger partial charge in [0.15, 0.2) is 5.96 Å². The summed E-state index contributed by atoms with van der Waals surface area (Å²) < 4.78 is 46.7. The Bertz CT molecular complexity index is 659. The van der Waals surface area contributed by atoms with Crippen LogP contribution >= 0.6 is 0 Å². The first kappa shape index (κ1) is 23.4. The van der Waals surface area contributed by atoms with E-state index in [0.29, 0.717) is 18.1 Å². The third-order valence-electron chi connectivity index (χ3n) is 4.77. The molecule has 2 rings (SSSR count). The van der Waals surface area contributed by atoms with E-state index in [9.17, 15) is 13.2 Å². The van der Waals surface area contributed by atoms with Crippen LogP contribution in [0.25, 0.3) is 0 Å². The number of nitrogens with zero attached hydrogens (tertiary/aromatic N) is 2. The van der Waals surface area contributed by atoms with Crippen LogP contribution in [0.15, 0.2) is 29.3 Å². The average molecular weight is 416 g/mol. The van der Waals surface area contributed by atoms with Crippen LogP contribution in [0.2, 0.25) is 0 Å². The Morgan fingerprint density at radius 2 is 1.86 bits per heavy atom. The molecule has 1 aliphatic rings. The van der Waals surface area contributed by atoms with E-state index in [0.717, 1.165) is 38.4 Å². The number of alkyl halides is 3. The number of nitrogens with one attached hydrogen (secondary N) is 2. The largest absolute Gasteiger partial charge is 0.411 e. The molecule has 1 heterocycles. The number of morpholine rings is 1. The standard InChI is InChI=1S/C20H31F3N4O2/c1-19(2,27-7-9-28-10-8-27)14-26-18(24-3)25-12-16-5-4-6-17(11-16)13-29-15-20(21,22)23/h4-6,11H,7-10,12-15H2,1-3H3,(H2,24,25,26). The SMILES string of the molecule is CN=C(NCc1cccc(COCC(F)(F)F)c1)NCC(C)(C)N1CCOCC1. The summed E-state index contributed by atoms with van der Waals surface area (Å²) in [6.07, 6.45) is -4.31. The topological polar surface area (TPSA) is 58.1 Å². The summed E-state index contributed by atoms with van der Waals surface area (Å²) in [5.74, 6) is 0.671. The van der Waals surface area contributed by atoms with Crippen LogP contribution in [0.1, 0.15) is 25.0 Å². The second-order valence-corrected chi connectivity index (χ2v) is 7.62. The van der Waals surface area contributed by atoms with Gasteiger partial charge in [-0.25, -0.2) is 0 Å². The predicted molar refractivity (Wildman–Crippen MR) is 107 cm³/mol. The zero-order chi connectivity index (χ0) is 21.3. The Labute approximate surface area is 170 Å². The molecule has 2 N–H and O–H groups in total. The number of hydrogen-bond donors (Lipinski definition) is 2. The molecule has 0 unspecified atom stereocenters. The molecule has 1 saturated heterocycles. The Kier molecular flexibility index (Phi) is 8.73. The van der Waals surface area contributed by atoms with Gasteiger partial charge in [-0.3, -0.25) is 9.89 Å². The minimum absolute atomic E-state index is 0.0445. The van der Waals surface area contributed by atoms with E-state index in [2.05, 4.69) is 34.4 Å². The van der Waals surface area contributed by atoms with Crippen molar-refractivity contribution in [2.45, 2.75) is 38.7 Å². The van der Waals surface area contributed by atoms with Crippen LogP contribution in [0.3, 0.4) is 0 Å². The van der Waals surface area contributed by atoms with Crippen LogP contribution in [0.4, 0.5) is 13.2 Å². The van der Waals surface area contributed by atoms with Crippen LogP contribution in [-0.2, 0) is 22.6 Å². The molecule has 0 radical (unpaired) electrons. The van der Waals surface area contributed by atoms with Gasteiger partial charge >= 0.3 is 6.18 Å². The summed E-state index contributed by atoms with van der Waals surface area (Å²) in [6, 6.07) is 7.29.